The fraction of sp³-hybridized carbons (Fsp3) is 0.267. The lowest BCUT2D eigenvalue weighted by atomic mass is 10.2. The van der Waals surface area contributed by atoms with E-state index in [9.17, 15) is 4.21 Å². The Morgan fingerprint density at radius 1 is 1.14 bits per heavy atom. The largest absolute Gasteiger partial charge is 0.334 e. The summed E-state index contributed by atoms with van der Waals surface area (Å²) in [6, 6.07) is 9.54. The van der Waals surface area contributed by atoms with E-state index in [2.05, 4.69) is 15.1 Å². The summed E-state index contributed by atoms with van der Waals surface area (Å²) in [4.78, 5) is 9.71. The quantitative estimate of drug-likeness (QED) is 0.717. The van der Waals surface area contributed by atoms with E-state index in [-0.39, 0.29) is 5.75 Å². The van der Waals surface area contributed by atoms with Crippen LogP contribution in [0.15, 0.2) is 34.9 Å². The Labute approximate surface area is 134 Å². The summed E-state index contributed by atoms with van der Waals surface area (Å²) in [6.45, 7) is 3.90. The van der Waals surface area contributed by atoms with Gasteiger partial charge < -0.3 is 4.52 Å². The fourth-order valence-corrected chi connectivity index (χ4v) is 4.43. The summed E-state index contributed by atoms with van der Waals surface area (Å²) in [5.74, 6) is 1.69. The Balaban J connectivity index is 1.67. The van der Waals surface area contributed by atoms with Crippen molar-refractivity contribution >= 4 is 22.1 Å². The number of rotatable bonds is 5. The lowest BCUT2D eigenvalue weighted by molar-refractivity contribution is 0.425. The first-order valence-corrected chi connectivity index (χ1v) is 9.08. The Bertz CT molecular complexity index is 796. The fourth-order valence-electron chi connectivity index (χ4n) is 2.06. The Morgan fingerprint density at radius 2 is 1.91 bits per heavy atom. The first-order chi connectivity index (χ1) is 10.6. The lowest BCUT2D eigenvalue weighted by Gasteiger charge is -1.97. The molecule has 0 saturated heterocycles. The zero-order valence-electron chi connectivity index (χ0n) is 12.3. The van der Waals surface area contributed by atoms with Crippen LogP contribution in [0, 0.1) is 13.8 Å². The van der Waals surface area contributed by atoms with Gasteiger partial charge in [0.05, 0.1) is 22.2 Å². The lowest BCUT2D eigenvalue weighted by Crippen LogP contribution is -2.01. The van der Waals surface area contributed by atoms with Crippen molar-refractivity contribution in [1.82, 2.24) is 15.1 Å². The second-order valence-corrected chi connectivity index (χ2v) is 7.60. The van der Waals surface area contributed by atoms with Gasteiger partial charge in [-0.25, -0.2) is 4.98 Å². The number of aromatic nitrogens is 3. The summed E-state index contributed by atoms with van der Waals surface area (Å²) >= 11 is 1.59. The SMILES string of the molecule is Cc1nc(C)c(CS(=O)Cc2noc(-c3ccccc3)n2)s1. The van der Waals surface area contributed by atoms with Gasteiger partial charge in [0, 0.05) is 21.2 Å². The molecule has 0 aliphatic rings. The van der Waals surface area contributed by atoms with Crippen LogP contribution < -0.4 is 0 Å². The van der Waals surface area contributed by atoms with Gasteiger partial charge in [0.15, 0.2) is 5.82 Å². The molecular weight excluding hydrogens is 318 g/mol. The molecule has 0 N–H and O–H groups in total. The Morgan fingerprint density at radius 3 is 2.59 bits per heavy atom. The topological polar surface area (TPSA) is 68.9 Å². The average Bonchev–Trinajstić information content (AvgIpc) is 3.07. The van der Waals surface area contributed by atoms with Gasteiger partial charge in [-0.1, -0.05) is 23.4 Å². The van der Waals surface area contributed by atoms with E-state index >= 15 is 0 Å². The summed E-state index contributed by atoms with van der Waals surface area (Å²) in [6.07, 6.45) is 0. The van der Waals surface area contributed by atoms with Gasteiger partial charge >= 0.3 is 0 Å². The number of hydrogen-bond donors (Lipinski definition) is 0. The number of hydrogen-bond acceptors (Lipinski definition) is 6. The molecule has 3 rings (SSSR count). The van der Waals surface area contributed by atoms with Gasteiger partial charge in [-0.2, -0.15) is 4.98 Å². The van der Waals surface area contributed by atoms with Crippen molar-refractivity contribution in [3.8, 4) is 11.5 Å². The summed E-state index contributed by atoms with van der Waals surface area (Å²) in [5.41, 5.74) is 1.81. The van der Waals surface area contributed by atoms with Crippen LogP contribution in [-0.2, 0) is 22.3 Å². The molecule has 0 aliphatic heterocycles. The molecule has 0 bridgehead atoms. The summed E-state index contributed by atoms with van der Waals surface area (Å²) < 4.78 is 17.5. The molecule has 0 radical (unpaired) electrons. The van der Waals surface area contributed by atoms with Crippen LogP contribution in [-0.4, -0.2) is 19.3 Å². The molecule has 0 fully saturated rings. The average molecular weight is 333 g/mol. The number of aryl methyl sites for hydroxylation is 2. The van der Waals surface area contributed by atoms with Crippen molar-refractivity contribution in [3.05, 3.63) is 51.7 Å². The molecule has 0 aliphatic carbocycles. The third-order valence-electron chi connectivity index (χ3n) is 3.07. The van der Waals surface area contributed by atoms with Gasteiger partial charge in [-0.3, -0.25) is 4.21 Å². The molecule has 3 aromatic rings. The normalized spacial score (nSPS) is 12.5. The second kappa shape index (κ2) is 6.50. The van der Waals surface area contributed by atoms with Crippen LogP contribution in [0.25, 0.3) is 11.5 Å². The molecule has 1 atom stereocenters. The van der Waals surface area contributed by atoms with Crippen LogP contribution in [0.1, 0.15) is 21.4 Å². The van der Waals surface area contributed by atoms with Gasteiger partial charge in [-0.05, 0) is 26.0 Å². The summed E-state index contributed by atoms with van der Waals surface area (Å²) in [7, 11) is -1.08. The minimum atomic E-state index is -1.08. The molecule has 7 heteroatoms. The summed E-state index contributed by atoms with van der Waals surface area (Å²) in [5, 5.41) is 4.91. The van der Waals surface area contributed by atoms with Gasteiger partial charge in [0.25, 0.3) is 5.89 Å². The molecule has 22 heavy (non-hydrogen) atoms. The van der Waals surface area contributed by atoms with E-state index in [1.165, 1.54) is 0 Å². The maximum Gasteiger partial charge on any atom is 0.257 e. The van der Waals surface area contributed by atoms with Crippen molar-refractivity contribution < 1.29 is 8.73 Å². The van der Waals surface area contributed by atoms with E-state index in [0.29, 0.717) is 17.5 Å². The first kappa shape index (κ1) is 15.1. The highest BCUT2D eigenvalue weighted by Crippen LogP contribution is 2.20. The van der Waals surface area contributed by atoms with Crippen LogP contribution >= 0.6 is 11.3 Å². The molecule has 0 saturated carbocycles. The molecule has 0 amide bonds. The molecule has 5 nitrogen and oxygen atoms in total. The molecule has 1 aromatic carbocycles. The zero-order chi connectivity index (χ0) is 15.5. The number of thiazole rings is 1. The minimum absolute atomic E-state index is 0.284. The van der Waals surface area contributed by atoms with E-state index in [4.69, 9.17) is 4.52 Å². The third kappa shape index (κ3) is 3.48. The van der Waals surface area contributed by atoms with Crippen LogP contribution in [0.4, 0.5) is 0 Å². The van der Waals surface area contributed by atoms with Crippen molar-refractivity contribution in [2.45, 2.75) is 25.4 Å². The minimum Gasteiger partial charge on any atom is -0.334 e. The molecule has 2 heterocycles. The first-order valence-electron chi connectivity index (χ1n) is 6.77. The molecule has 0 spiro atoms. The number of nitrogens with zero attached hydrogens (tertiary/aromatic N) is 3. The van der Waals surface area contributed by atoms with Crippen molar-refractivity contribution in [2.75, 3.05) is 0 Å². The number of benzene rings is 1. The predicted molar refractivity (Wildman–Crippen MR) is 86.9 cm³/mol. The van der Waals surface area contributed by atoms with Crippen molar-refractivity contribution in [3.63, 3.8) is 0 Å². The van der Waals surface area contributed by atoms with E-state index in [1.807, 2.05) is 44.2 Å². The maximum atomic E-state index is 12.3. The smallest absolute Gasteiger partial charge is 0.257 e. The standard InChI is InChI=1S/C15H15N3O2S2/c1-10-13(21-11(2)16-10)8-22(19)9-14-17-15(20-18-14)12-6-4-3-5-7-12/h3-7H,8-9H2,1-2H3. The monoisotopic (exact) mass is 333 g/mol. The van der Waals surface area contributed by atoms with Crippen molar-refractivity contribution in [2.24, 2.45) is 0 Å². The molecule has 114 valence electrons. The Hall–Kier alpha value is -1.86. The van der Waals surface area contributed by atoms with Gasteiger partial charge in [-0.15, -0.1) is 11.3 Å². The van der Waals surface area contributed by atoms with Crippen LogP contribution in [0.5, 0.6) is 0 Å². The maximum absolute atomic E-state index is 12.3. The third-order valence-corrected chi connectivity index (χ3v) is 5.52. The van der Waals surface area contributed by atoms with E-state index < -0.39 is 10.8 Å². The molecule has 2 aromatic heterocycles. The van der Waals surface area contributed by atoms with Crippen molar-refractivity contribution in [1.29, 1.82) is 0 Å². The zero-order valence-corrected chi connectivity index (χ0v) is 13.9. The van der Waals surface area contributed by atoms with Crippen LogP contribution in [0.3, 0.4) is 0 Å². The van der Waals surface area contributed by atoms with E-state index in [0.717, 1.165) is 21.1 Å². The van der Waals surface area contributed by atoms with E-state index in [1.54, 1.807) is 11.3 Å². The molecular formula is C15H15N3O2S2. The highest BCUT2D eigenvalue weighted by Gasteiger charge is 2.14. The second-order valence-electron chi connectivity index (χ2n) is 4.85. The Kier molecular flexibility index (Phi) is 4.44. The van der Waals surface area contributed by atoms with Gasteiger partial charge in [0.1, 0.15) is 0 Å². The predicted octanol–water partition coefficient (Wildman–Crippen LogP) is 3.26. The van der Waals surface area contributed by atoms with Gasteiger partial charge in [0.2, 0.25) is 0 Å². The highest BCUT2D eigenvalue weighted by molar-refractivity contribution is 7.83. The highest BCUT2D eigenvalue weighted by atomic mass is 32.2. The molecule has 1 unspecified atom stereocenters. The van der Waals surface area contributed by atoms with Crippen LogP contribution in [0.2, 0.25) is 0 Å².